The number of aromatic nitrogens is 2. The van der Waals surface area contributed by atoms with Gasteiger partial charge < -0.3 is 4.74 Å². The number of halogens is 3. The van der Waals surface area contributed by atoms with Crippen molar-refractivity contribution in [1.29, 1.82) is 0 Å². The number of carbonyl (C=O) groups excluding carboxylic acids is 1. The second-order valence-corrected chi connectivity index (χ2v) is 4.23. The van der Waals surface area contributed by atoms with Gasteiger partial charge in [0, 0.05) is 12.6 Å². The lowest BCUT2D eigenvalue weighted by Gasteiger charge is -2.14. The molecular formula is C12H11F3N2O2. The van der Waals surface area contributed by atoms with Crippen LogP contribution in [0.3, 0.4) is 0 Å². The third-order valence-corrected chi connectivity index (χ3v) is 2.70. The number of hydrogen-bond donors (Lipinski definition) is 1. The molecule has 102 valence electrons. The summed E-state index contributed by atoms with van der Waals surface area (Å²) in [5, 5.41) is 6.71. The molecule has 4 nitrogen and oxygen atoms in total. The minimum absolute atomic E-state index is 0.183. The number of ether oxygens (including phenoxy) is 1. The zero-order valence-corrected chi connectivity index (χ0v) is 10.5. The number of nitrogens with zero attached hydrogens (tertiary/aromatic N) is 1. The fraction of sp³-hybridized carbons (Fsp3) is 0.333. The van der Waals surface area contributed by atoms with Gasteiger partial charge in [0.05, 0.1) is 16.5 Å². The van der Waals surface area contributed by atoms with E-state index < -0.39 is 23.5 Å². The Bertz CT molecular complexity index is 659. The molecule has 0 fully saturated rings. The van der Waals surface area contributed by atoms with E-state index in [1.807, 2.05) is 0 Å². The number of fused-ring (bicyclic) bond motifs is 1. The molecule has 7 heteroatoms. The Morgan fingerprint density at radius 1 is 1.37 bits per heavy atom. The maximum Gasteiger partial charge on any atom is 0.420 e. The number of H-pyrrole nitrogens is 1. The summed E-state index contributed by atoms with van der Waals surface area (Å²) in [5.41, 5.74) is 0.168. The maximum absolute atomic E-state index is 13.0. The fourth-order valence-electron chi connectivity index (χ4n) is 1.94. The average Bonchev–Trinajstić information content (AvgIpc) is 2.63. The molecular weight excluding hydrogens is 261 g/mol. The molecule has 0 aliphatic carbocycles. The standard InChI is InChI=1S/C12H11F3N2O2/c1-5-4-8(12(13,14)15)11(19-7(3)18)9-6(2)16-17-10(5)9/h4H,1-3H3,(H,16,17). The van der Waals surface area contributed by atoms with Crippen molar-refractivity contribution in [3.05, 3.63) is 22.9 Å². The van der Waals surface area contributed by atoms with Crippen molar-refractivity contribution in [2.45, 2.75) is 26.9 Å². The van der Waals surface area contributed by atoms with E-state index in [4.69, 9.17) is 4.74 Å². The molecule has 1 heterocycles. The first-order valence-electron chi connectivity index (χ1n) is 5.45. The van der Waals surface area contributed by atoms with Gasteiger partial charge in [-0.15, -0.1) is 0 Å². The van der Waals surface area contributed by atoms with E-state index in [0.717, 1.165) is 13.0 Å². The largest absolute Gasteiger partial charge is 0.425 e. The number of alkyl halides is 3. The summed E-state index contributed by atoms with van der Waals surface area (Å²) in [7, 11) is 0. The Balaban J connectivity index is 2.87. The molecule has 0 amide bonds. The highest BCUT2D eigenvalue weighted by Gasteiger charge is 2.37. The predicted molar refractivity (Wildman–Crippen MR) is 61.9 cm³/mol. The van der Waals surface area contributed by atoms with E-state index in [2.05, 4.69) is 10.2 Å². The molecule has 0 atom stereocenters. The number of aromatic amines is 1. The van der Waals surface area contributed by atoms with Crippen LogP contribution in [0.15, 0.2) is 6.07 Å². The maximum atomic E-state index is 13.0. The second kappa shape index (κ2) is 4.25. The van der Waals surface area contributed by atoms with Crippen molar-refractivity contribution < 1.29 is 22.7 Å². The first kappa shape index (κ1) is 13.4. The smallest absolute Gasteiger partial charge is 0.420 e. The summed E-state index contributed by atoms with van der Waals surface area (Å²) in [6, 6.07) is 0.931. The van der Waals surface area contributed by atoms with E-state index in [1.54, 1.807) is 6.92 Å². The van der Waals surface area contributed by atoms with Crippen LogP contribution in [0.4, 0.5) is 13.2 Å². The van der Waals surface area contributed by atoms with Crippen molar-refractivity contribution in [3.63, 3.8) is 0 Å². The molecule has 0 saturated heterocycles. The Labute approximate surface area is 106 Å². The molecule has 1 N–H and O–H groups in total. The Kier molecular flexibility index (Phi) is 3.00. The van der Waals surface area contributed by atoms with Gasteiger partial charge in [-0.2, -0.15) is 18.3 Å². The minimum atomic E-state index is -4.60. The molecule has 19 heavy (non-hydrogen) atoms. The zero-order chi connectivity index (χ0) is 14.4. The molecule has 1 aromatic carbocycles. The van der Waals surface area contributed by atoms with E-state index in [-0.39, 0.29) is 5.39 Å². The average molecular weight is 272 g/mol. The lowest BCUT2D eigenvalue weighted by atomic mass is 10.0. The molecule has 2 rings (SSSR count). The minimum Gasteiger partial charge on any atom is -0.425 e. The highest BCUT2D eigenvalue weighted by molar-refractivity contribution is 5.93. The number of nitrogens with one attached hydrogen (secondary N) is 1. The summed E-state index contributed by atoms with van der Waals surface area (Å²) in [5.74, 6) is -1.30. The van der Waals surface area contributed by atoms with Crippen LogP contribution in [0.1, 0.15) is 23.7 Å². The number of benzene rings is 1. The molecule has 1 aromatic heterocycles. The number of rotatable bonds is 1. The van der Waals surface area contributed by atoms with Crippen LogP contribution < -0.4 is 4.74 Å². The van der Waals surface area contributed by atoms with Crippen LogP contribution in [0.5, 0.6) is 5.75 Å². The SMILES string of the molecule is CC(=O)Oc1c(C(F)(F)F)cc(C)c2n[nH]c(C)c12. The van der Waals surface area contributed by atoms with Crippen molar-refractivity contribution >= 4 is 16.9 Å². The van der Waals surface area contributed by atoms with Crippen LogP contribution >= 0.6 is 0 Å². The second-order valence-electron chi connectivity index (χ2n) is 4.23. The van der Waals surface area contributed by atoms with Gasteiger partial charge in [0.1, 0.15) is 0 Å². The first-order chi connectivity index (χ1) is 8.71. The summed E-state index contributed by atoms with van der Waals surface area (Å²) in [6.45, 7) is 4.15. The summed E-state index contributed by atoms with van der Waals surface area (Å²) in [4.78, 5) is 11.0. The Hall–Kier alpha value is -2.05. The molecule has 0 radical (unpaired) electrons. The van der Waals surface area contributed by atoms with Crippen molar-refractivity contribution in [2.75, 3.05) is 0 Å². The van der Waals surface area contributed by atoms with Crippen molar-refractivity contribution in [3.8, 4) is 5.75 Å². The molecule has 0 unspecified atom stereocenters. The van der Waals surface area contributed by atoms with Gasteiger partial charge in [0.2, 0.25) is 0 Å². The zero-order valence-electron chi connectivity index (χ0n) is 10.5. The van der Waals surface area contributed by atoms with E-state index in [0.29, 0.717) is 16.8 Å². The molecule has 0 spiro atoms. The highest BCUT2D eigenvalue weighted by atomic mass is 19.4. The molecule has 0 aliphatic rings. The molecule has 2 aromatic rings. The number of esters is 1. The van der Waals surface area contributed by atoms with E-state index in [9.17, 15) is 18.0 Å². The first-order valence-corrected chi connectivity index (χ1v) is 5.45. The van der Waals surface area contributed by atoms with Gasteiger partial charge in [-0.25, -0.2) is 0 Å². The topological polar surface area (TPSA) is 55.0 Å². The highest BCUT2D eigenvalue weighted by Crippen LogP contribution is 2.42. The van der Waals surface area contributed by atoms with Crippen molar-refractivity contribution in [2.24, 2.45) is 0 Å². The third kappa shape index (κ3) is 2.27. The lowest BCUT2D eigenvalue weighted by molar-refractivity contribution is -0.141. The normalized spacial score (nSPS) is 11.9. The fourth-order valence-corrected chi connectivity index (χ4v) is 1.94. The summed E-state index contributed by atoms with van der Waals surface area (Å²) >= 11 is 0. The Morgan fingerprint density at radius 3 is 2.53 bits per heavy atom. The van der Waals surface area contributed by atoms with Crippen LogP contribution in [0.25, 0.3) is 10.9 Å². The van der Waals surface area contributed by atoms with Crippen LogP contribution in [-0.4, -0.2) is 16.2 Å². The van der Waals surface area contributed by atoms with Gasteiger partial charge in [-0.1, -0.05) is 0 Å². The summed E-state index contributed by atoms with van der Waals surface area (Å²) < 4.78 is 43.8. The Morgan fingerprint density at radius 2 is 2.00 bits per heavy atom. The van der Waals surface area contributed by atoms with Gasteiger partial charge >= 0.3 is 12.1 Å². The molecule has 0 aliphatic heterocycles. The molecule has 0 bridgehead atoms. The van der Waals surface area contributed by atoms with Crippen LogP contribution in [-0.2, 0) is 11.0 Å². The van der Waals surface area contributed by atoms with Crippen LogP contribution in [0.2, 0.25) is 0 Å². The van der Waals surface area contributed by atoms with Gasteiger partial charge in [-0.3, -0.25) is 9.89 Å². The number of hydrogen-bond acceptors (Lipinski definition) is 3. The van der Waals surface area contributed by atoms with Crippen LogP contribution in [0, 0.1) is 13.8 Å². The molecule has 0 saturated carbocycles. The lowest BCUT2D eigenvalue weighted by Crippen LogP contribution is -2.12. The monoisotopic (exact) mass is 272 g/mol. The summed E-state index contributed by atoms with van der Waals surface area (Å²) in [6.07, 6.45) is -4.60. The van der Waals surface area contributed by atoms with Gasteiger partial charge in [-0.05, 0) is 25.5 Å². The quantitative estimate of drug-likeness (QED) is 0.641. The van der Waals surface area contributed by atoms with E-state index >= 15 is 0 Å². The van der Waals surface area contributed by atoms with Crippen molar-refractivity contribution in [1.82, 2.24) is 10.2 Å². The number of carbonyl (C=O) groups is 1. The third-order valence-electron chi connectivity index (χ3n) is 2.70. The predicted octanol–water partition coefficient (Wildman–Crippen LogP) is 3.12. The van der Waals surface area contributed by atoms with E-state index in [1.165, 1.54) is 6.92 Å². The van der Waals surface area contributed by atoms with Gasteiger partial charge in [0.15, 0.2) is 5.75 Å². The van der Waals surface area contributed by atoms with Gasteiger partial charge in [0.25, 0.3) is 0 Å². The number of aryl methyl sites for hydroxylation is 2.